The summed E-state index contributed by atoms with van der Waals surface area (Å²) < 4.78 is 16.9. The largest absolute Gasteiger partial charge is 0.481 e. The maximum absolute atomic E-state index is 12.7. The Kier molecular flexibility index (Phi) is 5.62. The molecule has 1 fully saturated rings. The monoisotopic (exact) mass is 422 g/mol. The Bertz CT molecular complexity index is 1170. The fourth-order valence-electron chi connectivity index (χ4n) is 3.66. The van der Waals surface area contributed by atoms with Crippen LogP contribution in [0.25, 0.3) is 11.0 Å². The van der Waals surface area contributed by atoms with Crippen LogP contribution in [0.2, 0.25) is 0 Å². The zero-order chi connectivity index (χ0) is 22.0. The fourth-order valence-corrected chi connectivity index (χ4v) is 3.66. The maximum atomic E-state index is 12.7. The quantitative estimate of drug-likeness (QED) is 0.654. The predicted molar refractivity (Wildman–Crippen MR) is 113 cm³/mol. The van der Waals surface area contributed by atoms with Gasteiger partial charge in [0.25, 0.3) is 5.91 Å². The first-order chi connectivity index (χ1) is 14.9. The molecule has 31 heavy (non-hydrogen) atoms. The number of carbonyl (C=O) groups is 2. The lowest BCUT2D eigenvalue weighted by molar-refractivity contribution is -0.142. The van der Waals surface area contributed by atoms with E-state index in [0.717, 1.165) is 6.42 Å². The molecular formula is C23H22N2O6. The molecule has 2 unspecified atom stereocenters. The van der Waals surface area contributed by atoms with Crippen molar-refractivity contribution in [3.05, 3.63) is 65.0 Å². The molecule has 160 valence electrons. The second-order valence-corrected chi connectivity index (χ2v) is 7.35. The maximum Gasteiger partial charge on any atom is 0.264 e. The summed E-state index contributed by atoms with van der Waals surface area (Å²) in [4.78, 5) is 38.4. The van der Waals surface area contributed by atoms with Crippen molar-refractivity contribution in [3.8, 4) is 17.2 Å². The van der Waals surface area contributed by atoms with Crippen LogP contribution >= 0.6 is 0 Å². The number of hydrogen-bond acceptors (Lipinski definition) is 6. The molecule has 4 rings (SSSR count). The van der Waals surface area contributed by atoms with Crippen LogP contribution in [0.3, 0.4) is 0 Å². The second kappa shape index (κ2) is 8.51. The molecular weight excluding hydrogens is 400 g/mol. The molecule has 2 N–H and O–H groups in total. The third-order valence-corrected chi connectivity index (χ3v) is 5.21. The van der Waals surface area contributed by atoms with Gasteiger partial charge >= 0.3 is 0 Å². The second-order valence-electron chi connectivity index (χ2n) is 7.35. The minimum absolute atomic E-state index is 0.0717. The number of ether oxygens (including phenoxy) is 2. The summed E-state index contributed by atoms with van der Waals surface area (Å²) in [5, 5.41) is 0.327. The van der Waals surface area contributed by atoms with Crippen molar-refractivity contribution in [1.29, 1.82) is 0 Å². The summed E-state index contributed by atoms with van der Waals surface area (Å²) in [6, 6.07) is 13.0. The van der Waals surface area contributed by atoms with E-state index in [-0.39, 0.29) is 17.1 Å². The van der Waals surface area contributed by atoms with Crippen LogP contribution in [-0.4, -0.2) is 35.4 Å². The Morgan fingerprint density at radius 1 is 1.16 bits per heavy atom. The Labute approximate surface area is 178 Å². The van der Waals surface area contributed by atoms with E-state index in [1.165, 1.54) is 11.2 Å². The number of fused-ring (bicyclic) bond motifs is 1. The van der Waals surface area contributed by atoms with Gasteiger partial charge in [0, 0.05) is 12.6 Å². The van der Waals surface area contributed by atoms with E-state index in [2.05, 4.69) is 0 Å². The Balaban J connectivity index is 1.51. The number of nitrogens with zero attached hydrogens (tertiary/aromatic N) is 1. The van der Waals surface area contributed by atoms with Crippen LogP contribution in [0, 0.1) is 0 Å². The Morgan fingerprint density at radius 2 is 1.94 bits per heavy atom. The summed E-state index contributed by atoms with van der Waals surface area (Å²) in [5.41, 5.74) is 5.38. The number of nitrogens with two attached hydrogens (primary N) is 1. The molecule has 1 aliphatic heterocycles. The highest BCUT2D eigenvalue weighted by Gasteiger charge is 2.35. The van der Waals surface area contributed by atoms with Crippen molar-refractivity contribution in [3.63, 3.8) is 0 Å². The van der Waals surface area contributed by atoms with Crippen LogP contribution in [0.15, 0.2) is 64.0 Å². The van der Waals surface area contributed by atoms with Crippen molar-refractivity contribution >= 4 is 22.8 Å². The van der Waals surface area contributed by atoms with Gasteiger partial charge in [0.1, 0.15) is 29.4 Å². The van der Waals surface area contributed by atoms with Crippen molar-refractivity contribution in [2.45, 2.75) is 31.9 Å². The van der Waals surface area contributed by atoms with Crippen LogP contribution in [-0.2, 0) is 9.59 Å². The standard InChI is InChI=1S/C23H22N2O6/c1-14(23(28)25-11-5-8-18(25)22(24)27)30-16-9-10-17-19(12-16)29-13-20(21(17)26)31-15-6-3-2-4-7-15/h2-4,6-7,9-10,12-14,18H,5,8,11H2,1H3,(H2,24,27). The van der Waals surface area contributed by atoms with E-state index in [4.69, 9.17) is 19.6 Å². The van der Waals surface area contributed by atoms with Crippen molar-refractivity contribution < 1.29 is 23.5 Å². The van der Waals surface area contributed by atoms with Gasteiger partial charge in [-0.05, 0) is 44.0 Å². The van der Waals surface area contributed by atoms with E-state index in [9.17, 15) is 14.4 Å². The van der Waals surface area contributed by atoms with Crippen molar-refractivity contribution in [2.24, 2.45) is 5.73 Å². The average molecular weight is 422 g/mol. The molecule has 2 amide bonds. The van der Waals surface area contributed by atoms with E-state index in [0.29, 0.717) is 35.4 Å². The first-order valence-corrected chi connectivity index (χ1v) is 9.99. The lowest BCUT2D eigenvalue weighted by atomic mass is 10.2. The van der Waals surface area contributed by atoms with Crippen molar-refractivity contribution in [2.75, 3.05) is 6.54 Å². The van der Waals surface area contributed by atoms with E-state index < -0.39 is 18.1 Å². The topological polar surface area (TPSA) is 112 Å². The SMILES string of the molecule is CC(Oc1ccc2c(=O)c(Oc3ccccc3)coc2c1)C(=O)N1CCCC1C(N)=O. The van der Waals surface area contributed by atoms with Gasteiger partial charge in [-0.25, -0.2) is 0 Å². The summed E-state index contributed by atoms with van der Waals surface area (Å²) in [5.74, 6) is 0.136. The van der Waals surface area contributed by atoms with Crippen LogP contribution in [0.1, 0.15) is 19.8 Å². The van der Waals surface area contributed by atoms with Gasteiger partial charge in [-0.3, -0.25) is 14.4 Å². The Hall–Kier alpha value is -3.81. The summed E-state index contributed by atoms with van der Waals surface area (Å²) in [6.07, 6.45) is 1.70. The molecule has 8 nitrogen and oxygen atoms in total. The molecule has 0 aliphatic carbocycles. The number of carbonyl (C=O) groups excluding carboxylic acids is 2. The molecule has 1 aromatic heterocycles. The first kappa shape index (κ1) is 20.5. The molecule has 2 aromatic carbocycles. The molecule has 2 atom stereocenters. The molecule has 1 saturated heterocycles. The number of benzene rings is 2. The molecule has 3 aromatic rings. The van der Waals surface area contributed by atoms with Crippen LogP contribution < -0.4 is 20.6 Å². The highest BCUT2D eigenvalue weighted by molar-refractivity contribution is 5.89. The highest BCUT2D eigenvalue weighted by atomic mass is 16.5. The number of rotatable bonds is 6. The lowest BCUT2D eigenvalue weighted by Crippen LogP contribution is -2.48. The van der Waals surface area contributed by atoms with Crippen molar-refractivity contribution in [1.82, 2.24) is 4.90 Å². The minimum atomic E-state index is -0.829. The zero-order valence-corrected chi connectivity index (χ0v) is 16.9. The van der Waals surface area contributed by atoms with Crippen LogP contribution in [0.5, 0.6) is 17.2 Å². The average Bonchev–Trinajstić information content (AvgIpc) is 3.26. The highest BCUT2D eigenvalue weighted by Crippen LogP contribution is 2.25. The fraction of sp³-hybridized carbons (Fsp3) is 0.261. The number of amides is 2. The summed E-state index contributed by atoms with van der Waals surface area (Å²) in [7, 11) is 0. The van der Waals surface area contributed by atoms with E-state index in [1.807, 2.05) is 6.07 Å². The number of para-hydroxylation sites is 1. The van der Waals surface area contributed by atoms with Gasteiger partial charge in [0.15, 0.2) is 6.10 Å². The summed E-state index contributed by atoms with van der Waals surface area (Å²) >= 11 is 0. The predicted octanol–water partition coefficient (Wildman–Crippen LogP) is 2.83. The van der Waals surface area contributed by atoms with Crippen LogP contribution in [0.4, 0.5) is 0 Å². The van der Waals surface area contributed by atoms with Gasteiger partial charge in [-0.2, -0.15) is 0 Å². The molecule has 0 bridgehead atoms. The smallest absolute Gasteiger partial charge is 0.264 e. The third-order valence-electron chi connectivity index (χ3n) is 5.21. The molecule has 1 aliphatic rings. The molecule has 2 heterocycles. The van der Waals surface area contributed by atoms with E-state index in [1.54, 1.807) is 49.4 Å². The van der Waals surface area contributed by atoms with Gasteiger partial charge in [0.05, 0.1) is 5.39 Å². The Morgan fingerprint density at radius 3 is 2.68 bits per heavy atom. The molecule has 0 saturated carbocycles. The van der Waals surface area contributed by atoms with Gasteiger partial charge in [0.2, 0.25) is 17.1 Å². The third kappa shape index (κ3) is 4.23. The van der Waals surface area contributed by atoms with Gasteiger partial charge in [-0.15, -0.1) is 0 Å². The lowest BCUT2D eigenvalue weighted by Gasteiger charge is -2.25. The number of primary amides is 1. The molecule has 0 spiro atoms. The first-order valence-electron chi connectivity index (χ1n) is 9.99. The van der Waals surface area contributed by atoms with Gasteiger partial charge < -0.3 is 24.5 Å². The number of hydrogen-bond donors (Lipinski definition) is 1. The van der Waals surface area contributed by atoms with Gasteiger partial charge in [-0.1, -0.05) is 18.2 Å². The summed E-state index contributed by atoms with van der Waals surface area (Å²) in [6.45, 7) is 2.08. The minimum Gasteiger partial charge on any atom is -0.481 e. The molecule has 0 radical (unpaired) electrons. The molecule has 8 heteroatoms. The number of likely N-dealkylation sites (tertiary alicyclic amines) is 1. The normalized spacial score (nSPS) is 16.8. The van der Waals surface area contributed by atoms with E-state index >= 15 is 0 Å². The zero-order valence-electron chi connectivity index (χ0n) is 16.9.